The molecule has 14 heavy (non-hydrogen) atoms. The molecule has 0 amide bonds. The molecule has 0 aromatic carbocycles. The molecule has 1 saturated carbocycles. The Kier molecular flexibility index (Phi) is 2.77. The van der Waals surface area contributed by atoms with Gasteiger partial charge in [0, 0.05) is 17.7 Å². The van der Waals surface area contributed by atoms with Crippen molar-refractivity contribution >= 4 is 0 Å². The second kappa shape index (κ2) is 4.05. The van der Waals surface area contributed by atoms with Crippen LogP contribution < -0.4 is 5.73 Å². The van der Waals surface area contributed by atoms with Gasteiger partial charge in [-0.2, -0.15) is 0 Å². The number of hydrogen-bond donors (Lipinski definition) is 1. The molecule has 0 aliphatic heterocycles. The summed E-state index contributed by atoms with van der Waals surface area (Å²) in [6.07, 6.45) is 5.67. The molecule has 1 aliphatic carbocycles. The highest BCUT2D eigenvalue weighted by Crippen LogP contribution is 2.30. The highest BCUT2D eigenvalue weighted by molar-refractivity contribution is 5.11. The zero-order valence-corrected chi connectivity index (χ0v) is 8.12. The molecular weight excluding hydrogens is 179 g/mol. The van der Waals surface area contributed by atoms with Gasteiger partial charge in [0.2, 0.25) is 0 Å². The van der Waals surface area contributed by atoms with E-state index in [9.17, 15) is 4.39 Å². The Labute approximate surface area is 83.3 Å². The van der Waals surface area contributed by atoms with E-state index < -0.39 is 0 Å². The molecule has 2 atom stereocenters. The summed E-state index contributed by atoms with van der Waals surface area (Å²) < 4.78 is 12.6. The molecule has 0 bridgehead atoms. The van der Waals surface area contributed by atoms with Gasteiger partial charge in [0.1, 0.15) is 5.82 Å². The molecule has 2 unspecified atom stereocenters. The molecule has 0 saturated heterocycles. The second-order valence-electron chi connectivity index (χ2n) is 4.02. The molecule has 3 heteroatoms. The Bertz CT molecular complexity index is 297. The number of nitrogens with zero attached hydrogens (tertiary/aromatic N) is 1. The largest absolute Gasteiger partial charge is 0.328 e. The highest BCUT2D eigenvalue weighted by Gasteiger charge is 2.21. The maximum Gasteiger partial charge on any atom is 0.141 e. The summed E-state index contributed by atoms with van der Waals surface area (Å²) in [4.78, 5) is 4.11. The standard InChI is InChI=1S/C11H15FN2/c12-9-4-5-11(14-7-9)8-2-1-3-10(13)6-8/h4-5,7-8,10H,1-3,6,13H2. The van der Waals surface area contributed by atoms with E-state index in [-0.39, 0.29) is 5.82 Å². The number of aromatic nitrogens is 1. The lowest BCUT2D eigenvalue weighted by Crippen LogP contribution is -2.27. The molecule has 76 valence electrons. The van der Waals surface area contributed by atoms with Crippen molar-refractivity contribution in [1.29, 1.82) is 0 Å². The first-order chi connectivity index (χ1) is 6.75. The molecule has 1 aromatic heterocycles. The topological polar surface area (TPSA) is 38.9 Å². The van der Waals surface area contributed by atoms with Crippen molar-refractivity contribution in [3.63, 3.8) is 0 Å². The lowest BCUT2D eigenvalue weighted by molar-refractivity contribution is 0.387. The third kappa shape index (κ3) is 2.10. The van der Waals surface area contributed by atoms with Gasteiger partial charge in [-0.15, -0.1) is 0 Å². The summed E-state index contributed by atoms with van der Waals surface area (Å²) in [6, 6.07) is 3.54. The highest BCUT2D eigenvalue weighted by atomic mass is 19.1. The van der Waals surface area contributed by atoms with Gasteiger partial charge in [-0.25, -0.2) is 4.39 Å². The SMILES string of the molecule is NC1CCCC(c2ccc(F)cn2)C1. The van der Waals surface area contributed by atoms with E-state index in [1.165, 1.54) is 12.3 Å². The van der Waals surface area contributed by atoms with Crippen molar-refractivity contribution in [2.45, 2.75) is 37.6 Å². The van der Waals surface area contributed by atoms with Crippen molar-refractivity contribution in [2.75, 3.05) is 0 Å². The lowest BCUT2D eigenvalue weighted by atomic mass is 9.84. The van der Waals surface area contributed by atoms with Crippen LogP contribution in [-0.2, 0) is 0 Å². The van der Waals surface area contributed by atoms with Crippen molar-refractivity contribution in [2.24, 2.45) is 5.73 Å². The number of hydrogen-bond acceptors (Lipinski definition) is 2. The van der Waals surface area contributed by atoms with Crippen LogP contribution in [-0.4, -0.2) is 11.0 Å². The first-order valence-corrected chi connectivity index (χ1v) is 5.13. The summed E-state index contributed by atoms with van der Waals surface area (Å²) in [6.45, 7) is 0. The fourth-order valence-corrected chi connectivity index (χ4v) is 2.12. The summed E-state index contributed by atoms with van der Waals surface area (Å²) in [5.41, 5.74) is 6.88. The molecule has 2 N–H and O–H groups in total. The van der Waals surface area contributed by atoms with E-state index in [1.54, 1.807) is 6.07 Å². The molecule has 1 fully saturated rings. The summed E-state index contributed by atoms with van der Waals surface area (Å²) in [5.74, 6) is 0.160. The van der Waals surface area contributed by atoms with Gasteiger partial charge in [-0.05, 0) is 31.4 Å². The molecule has 0 spiro atoms. The first-order valence-electron chi connectivity index (χ1n) is 5.13. The third-order valence-electron chi connectivity index (χ3n) is 2.88. The molecule has 2 nitrogen and oxygen atoms in total. The lowest BCUT2D eigenvalue weighted by Gasteiger charge is -2.25. The Morgan fingerprint density at radius 2 is 2.21 bits per heavy atom. The van der Waals surface area contributed by atoms with Crippen molar-refractivity contribution in [3.05, 3.63) is 29.8 Å². The van der Waals surface area contributed by atoms with E-state index in [0.29, 0.717) is 12.0 Å². The average Bonchev–Trinajstić information content (AvgIpc) is 2.19. The zero-order chi connectivity index (χ0) is 9.97. The molecular formula is C11H15FN2. The predicted molar refractivity (Wildman–Crippen MR) is 53.4 cm³/mol. The van der Waals surface area contributed by atoms with Crippen LogP contribution in [0.1, 0.15) is 37.3 Å². The van der Waals surface area contributed by atoms with Crippen molar-refractivity contribution in [1.82, 2.24) is 4.98 Å². The normalized spacial score (nSPS) is 27.6. The minimum Gasteiger partial charge on any atom is -0.328 e. The second-order valence-corrected chi connectivity index (χ2v) is 4.02. The molecule has 1 aromatic rings. The van der Waals surface area contributed by atoms with Crippen molar-refractivity contribution < 1.29 is 4.39 Å². The Hall–Kier alpha value is -0.960. The van der Waals surface area contributed by atoms with Gasteiger partial charge in [-0.3, -0.25) is 4.98 Å². The average molecular weight is 194 g/mol. The fraction of sp³-hybridized carbons (Fsp3) is 0.545. The Morgan fingerprint density at radius 3 is 2.86 bits per heavy atom. The summed E-state index contributed by atoms with van der Waals surface area (Å²) in [7, 11) is 0. The van der Waals surface area contributed by atoms with Gasteiger partial charge in [0.15, 0.2) is 0 Å². The van der Waals surface area contributed by atoms with Crippen LogP contribution in [0.15, 0.2) is 18.3 Å². The number of pyridine rings is 1. The van der Waals surface area contributed by atoms with Gasteiger partial charge in [0.05, 0.1) is 6.20 Å². The van der Waals surface area contributed by atoms with Gasteiger partial charge >= 0.3 is 0 Å². The molecule has 1 aliphatic rings. The Morgan fingerprint density at radius 1 is 1.36 bits per heavy atom. The monoisotopic (exact) mass is 194 g/mol. The number of halogens is 1. The van der Waals surface area contributed by atoms with Gasteiger partial charge in [0.25, 0.3) is 0 Å². The maximum atomic E-state index is 12.6. The number of nitrogens with two attached hydrogens (primary N) is 1. The summed E-state index contributed by atoms with van der Waals surface area (Å²) >= 11 is 0. The van der Waals surface area contributed by atoms with E-state index in [1.807, 2.05) is 0 Å². The number of rotatable bonds is 1. The Balaban J connectivity index is 2.10. The molecule has 0 radical (unpaired) electrons. The summed E-state index contributed by atoms with van der Waals surface area (Å²) in [5, 5.41) is 0. The first kappa shape index (κ1) is 9.59. The molecule has 1 heterocycles. The van der Waals surface area contributed by atoms with Crippen molar-refractivity contribution in [3.8, 4) is 0 Å². The minimum atomic E-state index is -0.270. The van der Waals surface area contributed by atoms with E-state index in [0.717, 1.165) is 31.4 Å². The van der Waals surface area contributed by atoms with Crippen LogP contribution in [0, 0.1) is 5.82 Å². The van der Waals surface area contributed by atoms with E-state index in [2.05, 4.69) is 4.98 Å². The zero-order valence-electron chi connectivity index (χ0n) is 8.12. The smallest absolute Gasteiger partial charge is 0.141 e. The third-order valence-corrected chi connectivity index (χ3v) is 2.88. The van der Waals surface area contributed by atoms with Gasteiger partial charge < -0.3 is 5.73 Å². The van der Waals surface area contributed by atoms with Crippen LogP contribution in [0.4, 0.5) is 4.39 Å². The van der Waals surface area contributed by atoms with Crippen LogP contribution in [0.3, 0.4) is 0 Å². The maximum absolute atomic E-state index is 12.6. The van der Waals surface area contributed by atoms with Crippen LogP contribution in [0.2, 0.25) is 0 Å². The fourth-order valence-electron chi connectivity index (χ4n) is 2.12. The van der Waals surface area contributed by atoms with Crippen LogP contribution in [0.25, 0.3) is 0 Å². The van der Waals surface area contributed by atoms with Crippen LogP contribution >= 0.6 is 0 Å². The minimum absolute atomic E-state index is 0.270. The van der Waals surface area contributed by atoms with Gasteiger partial charge in [-0.1, -0.05) is 6.42 Å². The van der Waals surface area contributed by atoms with Crippen LogP contribution in [0.5, 0.6) is 0 Å². The predicted octanol–water partition coefficient (Wildman–Crippen LogP) is 2.21. The van der Waals surface area contributed by atoms with E-state index in [4.69, 9.17) is 5.73 Å². The van der Waals surface area contributed by atoms with E-state index >= 15 is 0 Å². The molecule has 2 rings (SSSR count). The quantitative estimate of drug-likeness (QED) is 0.744.